The van der Waals surface area contributed by atoms with Crippen LogP contribution in [0.2, 0.25) is 0 Å². The van der Waals surface area contributed by atoms with Crippen LogP contribution in [-0.2, 0) is 4.79 Å². The summed E-state index contributed by atoms with van der Waals surface area (Å²) in [5, 5.41) is 2.48. The van der Waals surface area contributed by atoms with E-state index in [2.05, 4.69) is 5.32 Å². The van der Waals surface area contributed by atoms with E-state index in [9.17, 15) is 4.79 Å². The Morgan fingerprint density at radius 1 is 1.36 bits per heavy atom. The highest BCUT2D eigenvalue weighted by molar-refractivity contribution is 6.64. The average Bonchev–Trinajstić information content (AvgIpc) is 2.03. The van der Waals surface area contributed by atoms with Crippen LogP contribution in [0.15, 0.2) is 30.3 Å². The molecule has 3 heteroatoms. The van der Waals surface area contributed by atoms with E-state index < -0.39 is 0 Å². The molecular formula is C8H8ClNO. The summed E-state index contributed by atoms with van der Waals surface area (Å²) in [6, 6.07) is 9.44. The maximum absolute atomic E-state index is 10.3. The second-order valence-electron chi connectivity index (χ2n) is 2.07. The van der Waals surface area contributed by atoms with E-state index in [0.29, 0.717) is 0 Å². The fourth-order valence-electron chi connectivity index (χ4n) is 0.728. The number of halogens is 1. The van der Waals surface area contributed by atoms with Gasteiger partial charge in [-0.05, 0) is 23.7 Å². The van der Waals surface area contributed by atoms with Gasteiger partial charge >= 0.3 is 0 Å². The number of benzene rings is 1. The van der Waals surface area contributed by atoms with Gasteiger partial charge in [-0.25, -0.2) is 0 Å². The molecule has 1 aromatic carbocycles. The van der Waals surface area contributed by atoms with Crippen LogP contribution >= 0.6 is 11.6 Å². The SMILES string of the molecule is O=C(Cl)CNc1ccccc1. The predicted octanol–water partition coefficient (Wildman–Crippen LogP) is 1.86. The molecule has 0 aromatic heterocycles. The monoisotopic (exact) mass is 169 g/mol. The molecule has 0 unspecified atom stereocenters. The van der Waals surface area contributed by atoms with Crippen molar-refractivity contribution in [3.63, 3.8) is 0 Å². The molecule has 1 aromatic rings. The van der Waals surface area contributed by atoms with Crippen LogP contribution in [0.25, 0.3) is 0 Å². The summed E-state index contributed by atoms with van der Waals surface area (Å²) in [6.45, 7) is 0.172. The third-order valence-electron chi connectivity index (χ3n) is 1.21. The third-order valence-corrected chi connectivity index (χ3v) is 1.34. The minimum absolute atomic E-state index is 0.172. The topological polar surface area (TPSA) is 29.1 Å². The molecule has 0 aliphatic rings. The molecule has 0 atom stereocenters. The number of carbonyl (C=O) groups is 1. The standard InChI is InChI=1S/C8H8ClNO/c9-8(11)6-10-7-4-2-1-3-5-7/h1-5,10H,6H2. The van der Waals surface area contributed by atoms with Gasteiger partial charge in [0.05, 0.1) is 6.54 Å². The third kappa shape index (κ3) is 3.05. The normalized spacial score (nSPS) is 9.18. The minimum atomic E-state index is -0.381. The Hall–Kier alpha value is -1.02. The van der Waals surface area contributed by atoms with Crippen LogP contribution < -0.4 is 5.32 Å². The largest absolute Gasteiger partial charge is 0.377 e. The molecule has 0 spiro atoms. The smallest absolute Gasteiger partial charge is 0.240 e. The highest BCUT2D eigenvalue weighted by Crippen LogP contribution is 2.03. The zero-order valence-electron chi connectivity index (χ0n) is 5.88. The van der Waals surface area contributed by atoms with Gasteiger partial charge < -0.3 is 5.32 Å². The van der Waals surface area contributed by atoms with Gasteiger partial charge in [0.25, 0.3) is 0 Å². The van der Waals surface area contributed by atoms with Crippen LogP contribution in [0.5, 0.6) is 0 Å². The molecule has 58 valence electrons. The molecule has 0 saturated carbocycles. The number of para-hydroxylation sites is 1. The highest BCUT2D eigenvalue weighted by atomic mass is 35.5. The van der Waals surface area contributed by atoms with Gasteiger partial charge in [0, 0.05) is 5.69 Å². The summed E-state index contributed by atoms with van der Waals surface area (Å²) < 4.78 is 0. The van der Waals surface area contributed by atoms with Gasteiger partial charge in [-0.1, -0.05) is 18.2 Å². The van der Waals surface area contributed by atoms with Crippen molar-refractivity contribution in [1.29, 1.82) is 0 Å². The predicted molar refractivity (Wildman–Crippen MR) is 45.8 cm³/mol. The Balaban J connectivity index is 2.45. The Morgan fingerprint density at radius 2 is 2.00 bits per heavy atom. The lowest BCUT2D eigenvalue weighted by Gasteiger charge is -2.00. The van der Waals surface area contributed by atoms with Gasteiger partial charge in [-0.2, -0.15) is 0 Å². The average molecular weight is 170 g/mol. The lowest BCUT2D eigenvalue weighted by atomic mass is 10.3. The summed E-state index contributed by atoms with van der Waals surface area (Å²) >= 11 is 5.13. The molecule has 0 radical (unpaired) electrons. The van der Waals surface area contributed by atoms with Crippen LogP contribution in [0, 0.1) is 0 Å². The number of hydrogen-bond acceptors (Lipinski definition) is 2. The molecule has 11 heavy (non-hydrogen) atoms. The quantitative estimate of drug-likeness (QED) is 0.700. The molecule has 0 aliphatic heterocycles. The number of hydrogen-bond donors (Lipinski definition) is 1. The fourth-order valence-corrected chi connectivity index (χ4v) is 0.794. The maximum atomic E-state index is 10.3. The van der Waals surface area contributed by atoms with E-state index >= 15 is 0 Å². The highest BCUT2D eigenvalue weighted by Gasteiger charge is 1.93. The van der Waals surface area contributed by atoms with E-state index in [-0.39, 0.29) is 11.8 Å². The van der Waals surface area contributed by atoms with Crippen molar-refractivity contribution in [2.45, 2.75) is 0 Å². The van der Waals surface area contributed by atoms with Crippen molar-refractivity contribution in [1.82, 2.24) is 0 Å². The molecular weight excluding hydrogens is 162 g/mol. The van der Waals surface area contributed by atoms with Gasteiger partial charge in [0.15, 0.2) is 0 Å². The Morgan fingerprint density at radius 3 is 2.55 bits per heavy atom. The second-order valence-corrected chi connectivity index (χ2v) is 2.50. The first kappa shape index (κ1) is 8.08. The zero-order chi connectivity index (χ0) is 8.10. The van der Waals surface area contributed by atoms with Crippen molar-refractivity contribution in [3.8, 4) is 0 Å². The second kappa shape index (κ2) is 3.98. The van der Waals surface area contributed by atoms with Crippen LogP contribution in [0.4, 0.5) is 5.69 Å². The first-order valence-electron chi connectivity index (χ1n) is 3.26. The van der Waals surface area contributed by atoms with Gasteiger partial charge in [-0.15, -0.1) is 0 Å². The molecule has 2 nitrogen and oxygen atoms in total. The van der Waals surface area contributed by atoms with Crippen molar-refractivity contribution in [2.24, 2.45) is 0 Å². The van der Waals surface area contributed by atoms with E-state index in [1.807, 2.05) is 30.3 Å². The van der Waals surface area contributed by atoms with Crippen LogP contribution in [0.3, 0.4) is 0 Å². The minimum Gasteiger partial charge on any atom is -0.377 e. The Bertz CT molecular complexity index is 235. The molecule has 0 amide bonds. The van der Waals surface area contributed by atoms with Crippen molar-refractivity contribution in [3.05, 3.63) is 30.3 Å². The van der Waals surface area contributed by atoms with Crippen molar-refractivity contribution in [2.75, 3.05) is 11.9 Å². The van der Waals surface area contributed by atoms with E-state index in [1.54, 1.807) is 0 Å². The number of carbonyl (C=O) groups excluding carboxylic acids is 1. The zero-order valence-corrected chi connectivity index (χ0v) is 6.64. The van der Waals surface area contributed by atoms with Gasteiger partial charge in [0.1, 0.15) is 0 Å². The molecule has 0 aliphatic carbocycles. The molecule has 1 N–H and O–H groups in total. The molecule has 0 bridgehead atoms. The summed E-state index contributed by atoms with van der Waals surface area (Å²) in [5.41, 5.74) is 0.904. The number of nitrogens with one attached hydrogen (secondary N) is 1. The first-order valence-corrected chi connectivity index (χ1v) is 3.64. The lowest BCUT2D eigenvalue weighted by Crippen LogP contribution is -2.07. The molecule has 0 saturated heterocycles. The van der Waals surface area contributed by atoms with E-state index in [4.69, 9.17) is 11.6 Å². The van der Waals surface area contributed by atoms with Gasteiger partial charge in [0.2, 0.25) is 5.24 Å². The Kier molecular flexibility index (Phi) is 2.93. The van der Waals surface area contributed by atoms with E-state index in [0.717, 1.165) is 5.69 Å². The lowest BCUT2D eigenvalue weighted by molar-refractivity contribution is -0.110. The summed E-state index contributed by atoms with van der Waals surface area (Å²) in [7, 11) is 0. The Labute approximate surface area is 70.2 Å². The van der Waals surface area contributed by atoms with Crippen molar-refractivity contribution < 1.29 is 4.79 Å². The van der Waals surface area contributed by atoms with Gasteiger partial charge in [-0.3, -0.25) is 4.79 Å². The van der Waals surface area contributed by atoms with Crippen LogP contribution in [0.1, 0.15) is 0 Å². The molecule has 1 rings (SSSR count). The fraction of sp³-hybridized carbons (Fsp3) is 0.125. The summed E-state index contributed by atoms with van der Waals surface area (Å²) in [5.74, 6) is 0. The summed E-state index contributed by atoms with van der Waals surface area (Å²) in [4.78, 5) is 10.3. The first-order chi connectivity index (χ1) is 5.29. The van der Waals surface area contributed by atoms with Crippen molar-refractivity contribution >= 4 is 22.5 Å². The maximum Gasteiger partial charge on any atom is 0.240 e. The molecule has 0 heterocycles. The van der Waals surface area contributed by atoms with Crippen LogP contribution in [-0.4, -0.2) is 11.8 Å². The number of rotatable bonds is 3. The number of anilines is 1. The molecule has 0 fully saturated rings. The van der Waals surface area contributed by atoms with E-state index in [1.165, 1.54) is 0 Å². The summed E-state index contributed by atoms with van der Waals surface area (Å²) in [6.07, 6.45) is 0.